The van der Waals surface area contributed by atoms with Crippen molar-refractivity contribution in [3.63, 3.8) is 0 Å². The van der Waals surface area contributed by atoms with Crippen LogP contribution in [0, 0.1) is 0 Å². The van der Waals surface area contributed by atoms with Gasteiger partial charge in [0.1, 0.15) is 0 Å². The summed E-state index contributed by atoms with van der Waals surface area (Å²) in [5.41, 5.74) is 5.99. The molecule has 1 aromatic rings. The molecule has 0 aromatic heterocycles. The number of nitrogens with two attached hydrogens (primary N) is 1. The van der Waals surface area contributed by atoms with E-state index in [0.717, 1.165) is 11.8 Å². The number of rotatable bonds is 8. The highest BCUT2D eigenvalue weighted by molar-refractivity contribution is 7.85. The van der Waals surface area contributed by atoms with Gasteiger partial charge in [0.25, 0.3) is 10.1 Å². The average Bonchev–Trinajstić information content (AvgIpc) is 2.32. The number of benzene rings is 1. The van der Waals surface area contributed by atoms with Crippen LogP contribution in [-0.2, 0) is 30.4 Å². The first-order valence-electron chi connectivity index (χ1n) is 5.65. The van der Waals surface area contributed by atoms with E-state index in [2.05, 4.69) is 4.18 Å². The quantitative estimate of drug-likeness (QED) is 0.699. The molecule has 0 aliphatic carbocycles. The van der Waals surface area contributed by atoms with Crippen LogP contribution in [0.3, 0.4) is 0 Å². The molecular weight excluding hydrogens is 270 g/mol. The van der Waals surface area contributed by atoms with Gasteiger partial charge in [0.05, 0.1) is 32.0 Å². The zero-order valence-electron chi connectivity index (χ0n) is 10.6. The SMILES string of the molecule is CS(=O)(=O)OC[C@H](CC(N)=O)OCc1ccccc1. The molecule has 106 valence electrons. The summed E-state index contributed by atoms with van der Waals surface area (Å²) in [5, 5.41) is 0. The fourth-order valence-corrected chi connectivity index (χ4v) is 1.78. The van der Waals surface area contributed by atoms with E-state index in [-0.39, 0.29) is 19.6 Å². The molecular formula is C12H17NO5S. The molecule has 1 amide bonds. The van der Waals surface area contributed by atoms with Gasteiger partial charge in [-0.15, -0.1) is 0 Å². The summed E-state index contributed by atoms with van der Waals surface area (Å²) in [5.74, 6) is -0.574. The molecule has 0 fully saturated rings. The maximum absolute atomic E-state index is 10.9. The minimum absolute atomic E-state index is 0.0949. The van der Waals surface area contributed by atoms with Crippen molar-refractivity contribution in [1.82, 2.24) is 0 Å². The van der Waals surface area contributed by atoms with Crippen molar-refractivity contribution in [3.8, 4) is 0 Å². The number of ether oxygens (including phenoxy) is 1. The van der Waals surface area contributed by atoms with Crippen LogP contribution in [0.15, 0.2) is 30.3 Å². The topological polar surface area (TPSA) is 95.7 Å². The number of hydrogen-bond donors (Lipinski definition) is 1. The third-order valence-electron chi connectivity index (χ3n) is 2.23. The zero-order chi connectivity index (χ0) is 14.3. The molecule has 0 unspecified atom stereocenters. The van der Waals surface area contributed by atoms with Crippen molar-refractivity contribution in [2.45, 2.75) is 19.1 Å². The Labute approximate surface area is 112 Å². The Morgan fingerprint density at radius 2 is 1.95 bits per heavy atom. The van der Waals surface area contributed by atoms with Crippen LogP contribution in [-0.4, -0.2) is 33.3 Å². The Morgan fingerprint density at radius 3 is 2.47 bits per heavy atom. The summed E-state index contributed by atoms with van der Waals surface area (Å²) in [7, 11) is -3.57. The van der Waals surface area contributed by atoms with Crippen molar-refractivity contribution in [3.05, 3.63) is 35.9 Å². The van der Waals surface area contributed by atoms with Crippen LogP contribution in [0.2, 0.25) is 0 Å². The Kier molecular flexibility index (Phi) is 5.94. The molecule has 19 heavy (non-hydrogen) atoms. The summed E-state index contributed by atoms with van der Waals surface area (Å²) >= 11 is 0. The number of primary amides is 1. The van der Waals surface area contributed by atoms with E-state index in [1.165, 1.54) is 0 Å². The van der Waals surface area contributed by atoms with Gasteiger partial charge >= 0.3 is 0 Å². The zero-order valence-corrected chi connectivity index (χ0v) is 11.4. The van der Waals surface area contributed by atoms with Gasteiger partial charge in [0, 0.05) is 0 Å². The monoisotopic (exact) mass is 287 g/mol. The fourth-order valence-electron chi connectivity index (χ4n) is 1.38. The van der Waals surface area contributed by atoms with Crippen LogP contribution in [0.4, 0.5) is 0 Å². The highest BCUT2D eigenvalue weighted by atomic mass is 32.2. The fraction of sp³-hybridized carbons (Fsp3) is 0.417. The standard InChI is InChI=1S/C12H17NO5S/c1-19(15,16)18-9-11(7-12(13)14)17-8-10-5-3-2-4-6-10/h2-6,11H,7-9H2,1H3,(H2,13,14)/t11-/m0/s1. The largest absolute Gasteiger partial charge is 0.371 e. The molecule has 0 saturated carbocycles. The van der Waals surface area contributed by atoms with Crippen molar-refractivity contribution < 1.29 is 22.1 Å². The number of hydrogen-bond acceptors (Lipinski definition) is 5. The van der Waals surface area contributed by atoms with Crippen molar-refractivity contribution in [1.29, 1.82) is 0 Å². The van der Waals surface area contributed by atoms with Crippen molar-refractivity contribution in [2.75, 3.05) is 12.9 Å². The number of carbonyl (C=O) groups excluding carboxylic acids is 1. The van der Waals surface area contributed by atoms with Gasteiger partial charge in [-0.3, -0.25) is 8.98 Å². The third kappa shape index (κ3) is 7.55. The molecule has 0 spiro atoms. The molecule has 0 saturated heterocycles. The lowest BCUT2D eigenvalue weighted by molar-refractivity contribution is -0.121. The third-order valence-corrected chi connectivity index (χ3v) is 2.79. The van der Waals surface area contributed by atoms with Gasteiger partial charge in [-0.25, -0.2) is 0 Å². The first kappa shape index (κ1) is 15.6. The van der Waals surface area contributed by atoms with Crippen molar-refractivity contribution in [2.24, 2.45) is 5.73 Å². The van der Waals surface area contributed by atoms with Crippen LogP contribution in [0.5, 0.6) is 0 Å². The van der Waals surface area contributed by atoms with Gasteiger partial charge in [0.15, 0.2) is 0 Å². The van der Waals surface area contributed by atoms with E-state index >= 15 is 0 Å². The smallest absolute Gasteiger partial charge is 0.264 e. The van der Waals surface area contributed by atoms with E-state index in [1.54, 1.807) is 0 Å². The molecule has 0 bridgehead atoms. The summed E-state index contributed by atoms with van der Waals surface area (Å²) in [6.45, 7) is 0.0283. The lowest BCUT2D eigenvalue weighted by Crippen LogP contribution is -2.28. The minimum atomic E-state index is -3.57. The Morgan fingerprint density at radius 1 is 1.32 bits per heavy atom. The molecule has 7 heteroatoms. The first-order chi connectivity index (χ1) is 8.87. The van der Waals surface area contributed by atoms with Crippen molar-refractivity contribution >= 4 is 16.0 Å². The lowest BCUT2D eigenvalue weighted by atomic mass is 10.2. The van der Waals surface area contributed by atoms with E-state index in [9.17, 15) is 13.2 Å². The van der Waals surface area contributed by atoms with Crippen LogP contribution < -0.4 is 5.73 Å². The highest BCUT2D eigenvalue weighted by Crippen LogP contribution is 2.07. The van der Waals surface area contributed by atoms with E-state index in [0.29, 0.717) is 0 Å². The maximum Gasteiger partial charge on any atom is 0.264 e. The molecule has 0 heterocycles. The average molecular weight is 287 g/mol. The van der Waals surface area contributed by atoms with E-state index < -0.39 is 22.1 Å². The van der Waals surface area contributed by atoms with Gasteiger partial charge in [0.2, 0.25) is 5.91 Å². The molecule has 0 radical (unpaired) electrons. The Balaban J connectivity index is 2.52. The second-order valence-corrected chi connectivity index (χ2v) is 5.72. The van der Waals surface area contributed by atoms with Crippen LogP contribution in [0.25, 0.3) is 0 Å². The maximum atomic E-state index is 10.9. The predicted octanol–water partition coefficient (Wildman–Crippen LogP) is 0.423. The van der Waals surface area contributed by atoms with E-state index in [1.807, 2.05) is 30.3 Å². The van der Waals surface area contributed by atoms with Gasteiger partial charge in [-0.1, -0.05) is 30.3 Å². The predicted molar refractivity (Wildman–Crippen MR) is 69.6 cm³/mol. The van der Waals surface area contributed by atoms with Crippen LogP contribution >= 0.6 is 0 Å². The first-order valence-corrected chi connectivity index (χ1v) is 7.46. The van der Waals surface area contributed by atoms with Gasteiger partial charge < -0.3 is 10.5 Å². The van der Waals surface area contributed by atoms with Gasteiger partial charge in [-0.05, 0) is 5.56 Å². The summed E-state index contributed by atoms with van der Waals surface area (Å²) in [6.07, 6.45) is 0.154. The van der Waals surface area contributed by atoms with Gasteiger partial charge in [-0.2, -0.15) is 8.42 Å². The number of amides is 1. The second-order valence-electron chi connectivity index (χ2n) is 4.08. The van der Waals surface area contributed by atoms with E-state index in [4.69, 9.17) is 10.5 Å². The summed E-state index contributed by atoms with van der Waals surface area (Å²) < 4.78 is 31.9. The Bertz CT molecular complexity index is 500. The molecule has 0 aliphatic heterocycles. The highest BCUT2D eigenvalue weighted by Gasteiger charge is 2.16. The van der Waals surface area contributed by atoms with Crippen LogP contribution in [0.1, 0.15) is 12.0 Å². The molecule has 1 rings (SSSR count). The minimum Gasteiger partial charge on any atom is -0.371 e. The molecule has 6 nitrogen and oxygen atoms in total. The molecule has 1 atom stereocenters. The Hall–Kier alpha value is -1.44. The normalized spacial score (nSPS) is 13.1. The summed E-state index contributed by atoms with van der Waals surface area (Å²) in [6, 6.07) is 9.30. The summed E-state index contributed by atoms with van der Waals surface area (Å²) in [4.78, 5) is 10.9. The molecule has 1 aromatic carbocycles. The lowest BCUT2D eigenvalue weighted by Gasteiger charge is -2.16. The molecule has 0 aliphatic rings. The molecule has 2 N–H and O–H groups in total. The number of carbonyl (C=O) groups is 1. The second kappa shape index (κ2) is 7.22.